The van der Waals surface area contributed by atoms with Crippen LogP contribution in [0.1, 0.15) is 64.7 Å². The lowest BCUT2D eigenvalue weighted by molar-refractivity contribution is -1.09. The van der Waals surface area contributed by atoms with E-state index in [0.717, 1.165) is 63.9 Å². The van der Waals surface area contributed by atoms with Crippen LogP contribution >= 0.6 is 22.6 Å². The topological polar surface area (TPSA) is 151 Å². The van der Waals surface area contributed by atoms with Crippen molar-refractivity contribution in [1.82, 2.24) is 5.43 Å². The van der Waals surface area contributed by atoms with Crippen LogP contribution in [-0.2, 0) is 9.53 Å². The summed E-state index contributed by atoms with van der Waals surface area (Å²) in [4.78, 5) is 13.6. The second-order valence-corrected chi connectivity index (χ2v) is 11.8. The highest BCUT2D eigenvalue weighted by atomic mass is 127. The van der Waals surface area contributed by atoms with Crippen molar-refractivity contribution in [2.75, 3.05) is 26.2 Å². The first-order valence-electron chi connectivity index (χ1n) is 12.7. The van der Waals surface area contributed by atoms with Crippen LogP contribution in [0.4, 0.5) is 0 Å². The van der Waals surface area contributed by atoms with Crippen LogP contribution in [-0.4, -0.2) is 70.4 Å². The second-order valence-electron chi connectivity index (χ2n) is 10.1. The number of halogens is 1. The Kier molecular flexibility index (Phi) is 11.2. The van der Waals surface area contributed by atoms with Gasteiger partial charge in [-0.25, -0.2) is 20.9 Å². The molecular weight excluding hydrogens is 557 g/mol. The molecule has 0 bridgehead atoms. The molecule has 7 atom stereocenters. The normalized spacial score (nSPS) is 37.0. The molecule has 1 saturated heterocycles. The van der Waals surface area contributed by atoms with E-state index in [1.165, 1.54) is 4.90 Å². The first-order valence-corrected chi connectivity index (χ1v) is 13.9. The fraction of sp³-hybridized carbons (Fsp3) is 0.909. The lowest BCUT2D eigenvalue weighted by Crippen LogP contribution is -3.15. The van der Waals surface area contributed by atoms with Gasteiger partial charge in [-0.15, -0.1) is 0 Å². The van der Waals surface area contributed by atoms with Crippen LogP contribution in [0.25, 0.3) is 0 Å². The van der Waals surface area contributed by atoms with Gasteiger partial charge in [0.2, 0.25) is 0 Å². The van der Waals surface area contributed by atoms with Crippen LogP contribution in [0.15, 0.2) is 5.10 Å². The third-order valence-electron chi connectivity index (χ3n) is 7.69. The van der Waals surface area contributed by atoms with Crippen molar-refractivity contribution >= 4 is 34.3 Å². The van der Waals surface area contributed by atoms with Gasteiger partial charge in [-0.3, -0.25) is 4.79 Å². The number of hydrogen-bond donors (Lipinski definition) is 6. The molecule has 0 amide bonds. The summed E-state index contributed by atoms with van der Waals surface area (Å²) in [5.74, 6) is 0.166. The van der Waals surface area contributed by atoms with Crippen LogP contribution < -0.4 is 20.8 Å². The Balaban J connectivity index is 1.69. The Hall–Kier alpha value is -0.610. The van der Waals surface area contributed by atoms with Crippen molar-refractivity contribution in [2.45, 2.75) is 86.8 Å². The average molecular weight is 599 g/mol. The molecule has 0 radical (unpaired) electrons. The molecule has 0 aromatic rings. The zero-order valence-corrected chi connectivity index (χ0v) is 22.2. The standard InChI is InChI=1S/C22H40IN5O6/c1-2-34-22(29)16-4-3-11-26(13-16)14-20(15-5-7-17(23)8-6-15)25-24-19-10-9-18(27(30)31)12-21(19)28(32)33/h15-19,21,24,27-28,30,32H,2-14H2,1H3/p+1. The van der Waals surface area contributed by atoms with Gasteiger partial charge in [0.1, 0.15) is 24.5 Å². The molecule has 3 fully saturated rings. The van der Waals surface area contributed by atoms with E-state index in [-0.39, 0.29) is 24.3 Å². The molecule has 1 aliphatic heterocycles. The van der Waals surface area contributed by atoms with E-state index < -0.39 is 22.5 Å². The van der Waals surface area contributed by atoms with Crippen molar-refractivity contribution in [3.63, 3.8) is 0 Å². The molecule has 1 heterocycles. The van der Waals surface area contributed by atoms with Crippen LogP contribution in [0.5, 0.6) is 0 Å². The van der Waals surface area contributed by atoms with Gasteiger partial charge < -0.3 is 25.5 Å². The molecule has 0 aromatic heterocycles. The summed E-state index contributed by atoms with van der Waals surface area (Å²) in [7, 11) is 0. The Morgan fingerprint density at radius 1 is 1.12 bits per heavy atom. The Morgan fingerprint density at radius 3 is 2.50 bits per heavy atom. The minimum absolute atomic E-state index is 0.0781. The number of carbonyl (C=O) groups is 1. The van der Waals surface area contributed by atoms with Crippen molar-refractivity contribution < 1.29 is 35.3 Å². The Bertz CT molecular complexity index is 676. The maximum Gasteiger partial charge on any atom is 0.314 e. The molecular formula is C22H41IN5O6+. The molecule has 11 nitrogen and oxygen atoms in total. The van der Waals surface area contributed by atoms with Gasteiger partial charge in [-0.2, -0.15) is 5.10 Å². The highest BCUT2D eigenvalue weighted by molar-refractivity contribution is 14.1. The third kappa shape index (κ3) is 7.95. The number of nitrogens with zero attached hydrogens (tertiary/aromatic N) is 1. The van der Waals surface area contributed by atoms with E-state index in [1.807, 2.05) is 6.92 Å². The number of quaternary nitrogens is 3. The summed E-state index contributed by atoms with van der Waals surface area (Å²) in [6, 6.07) is -1.74. The van der Waals surface area contributed by atoms with Gasteiger partial charge in [-0.05, 0) is 51.9 Å². The number of esters is 1. The number of rotatable bonds is 9. The Labute approximate surface area is 215 Å². The number of hydrazone groups is 1. The third-order valence-corrected chi connectivity index (χ3v) is 8.93. The summed E-state index contributed by atoms with van der Waals surface area (Å²) in [5.41, 5.74) is 4.23. The predicted octanol–water partition coefficient (Wildman–Crippen LogP) is -1.38. The van der Waals surface area contributed by atoms with Crippen molar-refractivity contribution in [2.24, 2.45) is 16.9 Å². The quantitative estimate of drug-likeness (QED) is 0.0630. The number of hydrogen-bond acceptors (Lipinski definition) is 8. The molecule has 2 saturated carbocycles. The predicted molar refractivity (Wildman–Crippen MR) is 133 cm³/mol. The zero-order valence-electron chi connectivity index (χ0n) is 20.0. The molecule has 3 aliphatic rings. The second kappa shape index (κ2) is 13.6. The SMILES string of the molecule is CCOC(=O)C1CCC[NH+](CC(=NNC2CCC([NH+]([O-])O)CC2[NH+]([O-])O)C2CCC(I)CC2)C1. The lowest BCUT2D eigenvalue weighted by Gasteiger charge is -2.39. The zero-order chi connectivity index (χ0) is 24.7. The lowest BCUT2D eigenvalue weighted by atomic mass is 9.85. The van der Waals surface area contributed by atoms with E-state index in [4.69, 9.17) is 9.84 Å². The van der Waals surface area contributed by atoms with Gasteiger partial charge in [0.15, 0.2) is 0 Å². The van der Waals surface area contributed by atoms with Crippen LogP contribution in [0.2, 0.25) is 0 Å². The van der Waals surface area contributed by atoms with Gasteiger partial charge in [0.25, 0.3) is 0 Å². The molecule has 196 valence electrons. The number of likely N-dealkylation sites (tertiary alicyclic amines) is 1. The minimum atomic E-state index is -0.968. The van der Waals surface area contributed by atoms with E-state index in [0.29, 0.717) is 29.3 Å². The smallest absolute Gasteiger partial charge is 0.314 e. The molecule has 34 heavy (non-hydrogen) atoms. The van der Waals surface area contributed by atoms with E-state index in [1.54, 1.807) is 0 Å². The molecule has 0 spiro atoms. The maximum absolute atomic E-state index is 12.3. The van der Waals surface area contributed by atoms with Gasteiger partial charge in [0, 0.05) is 16.3 Å². The molecule has 2 aliphatic carbocycles. The van der Waals surface area contributed by atoms with Crippen molar-refractivity contribution in [1.29, 1.82) is 0 Å². The summed E-state index contributed by atoms with van der Waals surface area (Å²) >= 11 is 2.51. The monoisotopic (exact) mass is 598 g/mol. The van der Waals surface area contributed by atoms with E-state index in [2.05, 4.69) is 28.0 Å². The van der Waals surface area contributed by atoms with E-state index >= 15 is 0 Å². The van der Waals surface area contributed by atoms with Crippen LogP contribution in [0, 0.1) is 22.3 Å². The molecule has 7 unspecified atom stereocenters. The maximum atomic E-state index is 12.3. The summed E-state index contributed by atoms with van der Waals surface area (Å²) < 4.78 is 5.94. The molecule has 0 aromatic carbocycles. The summed E-state index contributed by atoms with van der Waals surface area (Å²) in [6.07, 6.45) is 7.33. The van der Waals surface area contributed by atoms with E-state index in [9.17, 15) is 25.6 Å². The number of carbonyl (C=O) groups excluding carboxylic acids is 1. The van der Waals surface area contributed by atoms with Gasteiger partial charge in [-0.1, -0.05) is 22.6 Å². The number of hydroxylamine groups is 4. The number of alkyl halides is 1. The van der Waals surface area contributed by atoms with Crippen molar-refractivity contribution in [3.05, 3.63) is 10.4 Å². The first kappa shape index (κ1) is 28.0. The Morgan fingerprint density at radius 2 is 1.85 bits per heavy atom. The fourth-order valence-corrected chi connectivity index (χ4v) is 6.40. The molecule has 3 rings (SSSR count). The van der Waals surface area contributed by atoms with Crippen molar-refractivity contribution in [3.8, 4) is 0 Å². The molecule has 12 heteroatoms. The van der Waals surface area contributed by atoms with Crippen LogP contribution in [0.3, 0.4) is 0 Å². The summed E-state index contributed by atoms with van der Waals surface area (Å²) in [6.45, 7) is 4.69. The largest absolute Gasteiger partial charge is 0.600 e. The number of piperidine rings is 1. The minimum Gasteiger partial charge on any atom is -0.600 e. The first-order chi connectivity index (χ1) is 16.3. The number of ether oxygens (including phenoxy) is 1. The summed E-state index contributed by atoms with van der Waals surface area (Å²) in [5, 5.41) is 45.2. The average Bonchev–Trinajstić information content (AvgIpc) is 2.82. The highest BCUT2D eigenvalue weighted by Gasteiger charge is 2.39. The highest BCUT2D eigenvalue weighted by Crippen LogP contribution is 2.30. The van der Waals surface area contributed by atoms with Gasteiger partial charge >= 0.3 is 5.97 Å². The fourth-order valence-electron chi connectivity index (χ4n) is 5.68. The van der Waals surface area contributed by atoms with Gasteiger partial charge in [0.05, 0.1) is 37.9 Å². The molecule has 6 N–H and O–H groups in total. The number of nitrogens with one attached hydrogen (secondary N) is 4.